The Morgan fingerprint density at radius 3 is 2.18 bits per heavy atom. The Balaban J connectivity index is 1.40. The molecule has 1 aliphatic heterocycles. The van der Waals surface area contributed by atoms with E-state index in [9.17, 15) is 9.59 Å². The molecule has 6 nitrogen and oxygen atoms in total. The summed E-state index contributed by atoms with van der Waals surface area (Å²) in [5.74, 6) is 0.486. The van der Waals surface area contributed by atoms with Gasteiger partial charge in [0.05, 0.1) is 5.69 Å². The van der Waals surface area contributed by atoms with Crippen LogP contribution in [0.5, 0.6) is 11.5 Å². The molecule has 6 heteroatoms. The van der Waals surface area contributed by atoms with Crippen molar-refractivity contribution >= 4 is 23.6 Å². The fraction of sp³-hybridized carbons (Fsp3) is 0.214. The number of anilines is 1. The molecule has 1 saturated heterocycles. The molecule has 0 spiro atoms. The number of carbonyl (C=O) groups is 2. The van der Waals surface area contributed by atoms with Gasteiger partial charge in [-0.1, -0.05) is 69.3 Å². The zero-order valence-electron chi connectivity index (χ0n) is 19.6. The topological polar surface area (TPSA) is 67.9 Å². The molecule has 0 atom stereocenters. The summed E-state index contributed by atoms with van der Waals surface area (Å²) >= 11 is 0. The van der Waals surface area contributed by atoms with E-state index in [4.69, 9.17) is 9.47 Å². The summed E-state index contributed by atoms with van der Waals surface area (Å²) in [5.41, 5.74) is 5.24. The number of hydrogen-bond acceptors (Lipinski definition) is 4. The molecule has 34 heavy (non-hydrogen) atoms. The van der Waals surface area contributed by atoms with Crippen LogP contribution in [-0.2, 0) is 15.0 Å². The molecule has 0 unspecified atom stereocenters. The van der Waals surface area contributed by atoms with Crippen LogP contribution in [0.4, 0.5) is 5.69 Å². The lowest BCUT2D eigenvalue weighted by Crippen LogP contribution is -2.35. The number of ether oxygens (including phenoxy) is 2. The number of carbonyl (C=O) groups excluding carboxylic acids is 2. The largest absolute Gasteiger partial charge is 0.490 e. The third kappa shape index (κ3) is 5.29. The number of rotatable bonds is 7. The normalized spacial score (nSPS) is 14.9. The first-order chi connectivity index (χ1) is 16.3. The Bertz CT molecular complexity index is 1200. The van der Waals surface area contributed by atoms with Crippen molar-refractivity contribution in [3.63, 3.8) is 0 Å². The number of hydrazine groups is 1. The second kappa shape index (κ2) is 9.83. The molecule has 2 amide bonds. The van der Waals surface area contributed by atoms with Gasteiger partial charge < -0.3 is 9.47 Å². The molecule has 174 valence electrons. The fourth-order valence-electron chi connectivity index (χ4n) is 3.57. The number of para-hydroxylation sites is 2. The van der Waals surface area contributed by atoms with E-state index in [2.05, 4.69) is 38.3 Å². The standard InChI is InChI=1S/C28H28N2O4/c1-28(2,3)21-13-15-23(16-14-21)33-17-18-34-25-12-8-7-9-20(25)19-24-26(31)29-30(27(24)32)22-10-5-4-6-11-22/h4-16,19H,17-18H2,1-3H3,(H,29,31)/b24-19+. The van der Waals surface area contributed by atoms with Crippen molar-refractivity contribution in [2.45, 2.75) is 26.2 Å². The van der Waals surface area contributed by atoms with Crippen LogP contribution >= 0.6 is 0 Å². The van der Waals surface area contributed by atoms with Gasteiger partial charge in [0.15, 0.2) is 0 Å². The summed E-state index contributed by atoms with van der Waals surface area (Å²) in [6.45, 7) is 7.20. The van der Waals surface area contributed by atoms with Crippen LogP contribution in [0.15, 0.2) is 84.4 Å². The van der Waals surface area contributed by atoms with E-state index < -0.39 is 11.8 Å². The third-order valence-electron chi connectivity index (χ3n) is 5.45. The lowest BCUT2D eigenvalue weighted by molar-refractivity contribution is -0.117. The van der Waals surface area contributed by atoms with E-state index in [1.54, 1.807) is 42.5 Å². The lowest BCUT2D eigenvalue weighted by atomic mass is 9.87. The third-order valence-corrected chi connectivity index (χ3v) is 5.45. The molecule has 0 aliphatic carbocycles. The Kier molecular flexibility index (Phi) is 6.68. The summed E-state index contributed by atoms with van der Waals surface area (Å²) in [6, 6.07) is 24.3. The van der Waals surface area contributed by atoms with Gasteiger partial charge in [-0.3, -0.25) is 15.0 Å². The molecule has 1 heterocycles. The predicted octanol–water partition coefficient (Wildman–Crippen LogP) is 4.90. The maximum atomic E-state index is 12.8. The van der Waals surface area contributed by atoms with E-state index in [1.807, 2.05) is 30.3 Å². The number of benzene rings is 3. The molecule has 0 bridgehead atoms. The van der Waals surface area contributed by atoms with Crippen LogP contribution in [0.25, 0.3) is 6.08 Å². The highest BCUT2D eigenvalue weighted by Crippen LogP contribution is 2.26. The highest BCUT2D eigenvalue weighted by Gasteiger charge is 2.34. The Labute approximate surface area is 199 Å². The minimum atomic E-state index is -0.453. The smallest absolute Gasteiger partial charge is 0.282 e. The van der Waals surface area contributed by atoms with Gasteiger partial charge >= 0.3 is 0 Å². The fourth-order valence-corrected chi connectivity index (χ4v) is 3.57. The van der Waals surface area contributed by atoms with E-state index in [0.717, 1.165) is 5.75 Å². The Morgan fingerprint density at radius 1 is 0.824 bits per heavy atom. The van der Waals surface area contributed by atoms with Crippen LogP contribution in [0.3, 0.4) is 0 Å². The molecule has 0 aromatic heterocycles. The number of nitrogens with zero attached hydrogens (tertiary/aromatic N) is 1. The first-order valence-corrected chi connectivity index (χ1v) is 11.2. The highest BCUT2D eigenvalue weighted by atomic mass is 16.5. The Morgan fingerprint density at radius 2 is 1.47 bits per heavy atom. The number of nitrogens with one attached hydrogen (secondary N) is 1. The summed E-state index contributed by atoms with van der Waals surface area (Å²) in [7, 11) is 0. The molecule has 3 aromatic rings. The summed E-state index contributed by atoms with van der Waals surface area (Å²) in [6.07, 6.45) is 1.56. The van der Waals surface area contributed by atoms with Crippen LogP contribution in [0.1, 0.15) is 31.9 Å². The molecule has 1 N–H and O–H groups in total. The van der Waals surface area contributed by atoms with Gasteiger partial charge in [0, 0.05) is 5.56 Å². The van der Waals surface area contributed by atoms with E-state index in [1.165, 1.54) is 10.6 Å². The quantitative estimate of drug-likeness (QED) is 0.312. The molecule has 4 rings (SSSR count). The highest BCUT2D eigenvalue weighted by molar-refractivity contribution is 6.31. The first kappa shape index (κ1) is 23.1. The van der Waals surface area contributed by atoms with Gasteiger partial charge in [0.2, 0.25) is 0 Å². The van der Waals surface area contributed by atoms with Crippen LogP contribution < -0.4 is 19.9 Å². The van der Waals surface area contributed by atoms with Crippen LogP contribution in [-0.4, -0.2) is 25.0 Å². The van der Waals surface area contributed by atoms with Crippen molar-refractivity contribution in [3.8, 4) is 11.5 Å². The monoisotopic (exact) mass is 456 g/mol. The molecular formula is C28H28N2O4. The van der Waals surface area contributed by atoms with Gasteiger partial charge in [-0.05, 0) is 47.4 Å². The average molecular weight is 457 g/mol. The zero-order valence-corrected chi connectivity index (χ0v) is 19.6. The first-order valence-electron chi connectivity index (χ1n) is 11.2. The molecule has 0 saturated carbocycles. The maximum Gasteiger partial charge on any atom is 0.282 e. The molecular weight excluding hydrogens is 428 g/mol. The van der Waals surface area contributed by atoms with E-state index >= 15 is 0 Å². The predicted molar refractivity (Wildman–Crippen MR) is 133 cm³/mol. The minimum absolute atomic E-state index is 0.0510. The van der Waals surface area contributed by atoms with Crippen molar-refractivity contribution in [3.05, 3.63) is 95.6 Å². The van der Waals surface area contributed by atoms with E-state index in [-0.39, 0.29) is 11.0 Å². The SMILES string of the molecule is CC(C)(C)c1ccc(OCCOc2ccccc2/C=C2\C(=O)NN(c3ccccc3)C2=O)cc1. The second-order valence-electron chi connectivity index (χ2n) is 8.98. The van der Waals surface area contributed by atoms with Crippen LogP contribution in [0, 0.1) is 0 Å². The van der Waals surface area contributed by atoms with Crippen LogP contribution in [0.2, 0.25) is 0 Å². The van der Waals surface area contributed by atoms with Gasteiger partial charge in [0.1, 0.15) is 30.3 Å². The van der Waals surface area contributed by atoms with E-state index in [0.29, 0.717) is 30.2 Å². The molecule has 0 radical (unpaired) electrons. The van der Waals surface area contributed by atoms with Crippen molar-refractivity contribution in [2.75, 3.05) is 18.2 Å². The summed E-state index contributed by atoms with van der Waals surface area (Å²) in [4.78, 5) is 25.3. The zero-order chi connectivity index (χ0) is 24.1. The Hall–Kier alpha value is -4.06. The minimum Gasteiger partial charge on any atom is -0.490 e. The molecule has 1 fully saturated rings. The molecule has 3 aromatic carbocycles. The van der Waals surface area contributed by atoms with Crippen molar-refractivity contribution in [1.82, 2.24) is 5.43 Å². The second-order valence-corrected chi connectivity index (χ2v) is 8.98. The number of amides is 2. The van der Waals surface area contributed by atoms with Crippen molar-refractivity contribution in [1.29, 1.82) is 0 Å². The van der Waals surface area contributed by atoms with Gasteiger partial charge in [-0.25, -0.2) is 5.01 Å². The van der Waals surface area contributed by atoms with Crippen molar-refractivity contribution < 1.29 is 19.1 Å². The number of hydrogen-bond donors (Lipinski definition) is 1. The summed E-state index contributed by atoms with van der Waals surface area (Å²) < 4.78 is 11.7. The molecule has 1 aliphatic rings. The average Bonchev–Trinajstić information content (AvgIpc) is 3.11. The summed E-state index contributed by atoms with van der Waals surface area (Å²) in [5, 5.41) is 1.25. The lowest BCUT2D eigenvalue weighted by Gasteiger charge is -2.19. The van der Waals surface area contributed by atoms with Gasteiger partial charge in [-0.2, -0.15) is 0 Å². The van der Waals surface area contributed by atoms with Gasteiger partial charge in [0.25, 0.3) is 11.8 Å². The maximum absolute atomic E-state index is 12.8. The van der Waals surface area contributed by atoms with Gasteiger partial charge in [-0.15, -0.1) is 0 Å². The van der Waals surface area contributed by atoms with Crippen molar-refractivity contribution in [2.24, 2.45) is 0 Å².